The van der Waals surface area contributed by atoms with Crippen LogP contribution in [-0.4, -0.2) is 27.0 Å². The maximum Gasteiger partial charge on any atom is 0.250 e. The lowest BCUT2D eigenvalue weighted by Crippen LogP contribution is -1.93. The molecule has 0 radical (unpaired) electrons. The molecule has 4 aromatic heterocycles. The first-order valence-corrected chi connectivity index (χ1v) is 6.68. The number of H-pyrrole nitrogens is 1. The van der Waals surface area contributed by atoms with Crippen LogP contribution in [0.1, 0.15) is 0 Å². The molecule has 4 rings (SSSR count). The molecular weight excluding hydrogens is 283 g/mol. The minimum Gasteiger partial charge on any atom is -0.479 e. The minimum atomic E-state index is -0.511. The highest BCUT2D eigenvalue weighted by Gasteiger charge is 2.10. The molecule has 4 heterocycles. The Bertz CT molecular complexity index is 996. The van der Waals surface area contributed by atoms with Gasteiger partial charge in [0.2, 0.25) is 5.88 Å². The summed E-state index contributed by atoms with van der Waals surface area (Å²) in [4.78, 5) is 15.8. The molecule has 5 nitrogen and oxygen atoms in total. The molecule has 108 valence electrons. The van der Waals surface area contributed by atoms with E-state index in [1.54, 1.807) is 18.6 Å². The van der Waals surface area contributed by atoms with Crippen molar-refractivity contribution in [2.75, 3.05) is 7.11 Å². The highest BCUT2D eigenvalue weighted by atomic mass is 19.1. The van der Waals surface area contributed by atoms with Crippen molar-refractivity contribution in [3.8, 4) is 17.1 Å². The molecule has 0 aliphatic carbocycles. The Balaban J connectivity index is 1.89. The van der Waals surface area contributed by atoms with Gasteiger partial charge in [0.15, 0.2) is 5.82 Å². The Kier molecular flexibility index (Phi) is 2.75. The first-order valence-electron chi connectivity index (χ1n) is 6.68. The Morgan fingerprint density at radius 2 is 2.05 bits per heavy atom. The number of hydrogen-bond donors (Lipinski definition) is 1. The van der Waals surface area contributed by atoms with E-state index in [1.165, 1.54) is 13.2 Å². The average Bonchev–Trinajstić information content (AvgIpc) is 2.92. The van der Waals surface area contributed by atoms with Gasteiger partial charge >= 0.3 is 0 Å². The van der Waals surface area contributed by atoms with Crippen molar-refractivity contribution in [2.45, 2.75) is 0 Å². The van der Waals surface area contributed by atoms with Gasteiger partial charge in [-0.05, 0) is 24.3 Å². The number of hydrogen-bond acceptors (Lipinski definition) is 4. The Hall–Kier alpha value is -3.02. The van der Waals surface area contributed by atoms with Crippen LogP contribution in [0.3, 0.4) is 0 Å². The number of fused-ring (bicyclic) bond motifs is 3. The number of rotatable bonds is 2. The van der Waals surface area contributed by atoms with E-state index in [4.69, 9.17) is 4.74 Å². The van der Waals surface area contributed by atoms with E-state index < -0.39 is 5.82 Å². The van der Waals surface area contributed by atoms with Gasteiger partial charge in [0.1, 0.15) is 5.65 Å². The van der Waals surface area contributed by atoms with E-state index in [0.29, 0.717) is 11.3 Å². The molecule has 0 aliphatic rings. The van der Waals surface area contributed by atoms with Crippen molar-refractivity contribution in [3.63, 3.8) is 0 Å². The molecule has 0 aliphatic heterocycles. The fraction of sp³-hybridized carbons (Fsp3) is 0.0625. The lowest BCUT2D eigenvalue weighted by Gasteiger charge is -2.04. The Morgan fingerprint density at radius 1 is 1.14 bits per heavy atom. The summed E-state index contributed by atoms with van der Waals surface area (Å²) in [6.07, 6.45) is 5.06. The van der Waals surface area contributed by atoms with Crippen molar-refractivity contribution in [1.82, 2.24) is 19.9 Å². The summed E-state index contributed by atoms with van der Waals surface area (Å²) in [6.45, 7) is 0. The number of methoxy groups -OCH3 is 1. The van der Waals surface area contributed by atoms with Crippen LogP contribution in [0.2, 0.25) is 0 Å². The van der Waals surface area contributed by atoms with Crippen molar-refractivity contribution < 1.29 is 9.13 Å². The molecule has 1 N–H and O–H groups in total. The third-order valence-electron chi connectivity index (χ3n) is 3.56. The monoisotopic (exact) mass is 294 g/mol. The number of nitrogens with zero attached hydrogens (tertiary/aromatic N) is 3. The van der Waals surface area contributed by atoms with Gasteiger partial charge < -0.3 is 9.72 Å². The van der Waals surface area contributed by atoms with Crippen molar-refractivity contribution in [2.24, 2.45) is 0 Å². The summed E-state index contributed by atoms with van der Waals surface area (Å²) in [6, 6.07) is 7.04. The fourth-order valence-electron chi connectivity index (χ4n) is 2.49. The molecule has 0 bridgehead atoms. The first kappa shape index (κ1) is 12.7. The molecule has 0 atom stereocenters. The van der Waals surface area contributed by atoms with Crippen LogP contribution < -0.4 is 4.74 Å². The SMILES string of the molecule is COc1ncc(-c2ccc3c(n2)[nH]c2ccncc23)cc1F. The van der Waals surface area contributed by atoms with E-state index in [-0.39, 0.29) is 5.88 Å². The number of halogens is 1. The molecule has 0 saturated heterocycles. The molecule has 4 aromatic rings. The van der Waals surface area contributed by atoms with Crippen LogP contribution in [0.25, 0.3) is 33.2 Å². The van der Waals surface area contributed by atoms with E-state index in [9.17, 15) is 4.39 Å². The number of aromatic amines is 1. The zero-order valence-corrected chi connectivity index (χ0v) is 11.7. The Labute approximate surface area is 124 Å². The molecule has 0 spiro atoms. The zero-order valence-electron chi connectivity index (χ0n) is 11.7. The lowest BCUT2D eigenvalue weighted by atomic mass is 10.1. The quantitative estimate of drug-likeness (QED) is 0.616. The molecule has 6 heteroatoms. The van der Waals surface area contributed by atoms with E-state index in [1.807, 2.05) is 18.2 Å². The third kappa shape index (κ3) is 1.88. The van der Waals surface area contributed by atoms with Gasteiger partial charge in [0.25, 0.3) is 0 Å². The van der Waals surface area contributed by atoms with E-state index in [2.05, 4.69) is 19.9 Å². The van der Waals surface area contributed by atoms with Crippen LogP contribution in [-0.2, 0) is 0 Å². The van der Waals surface area contributed by atoms with Gasteiger partial charge in [-0.3, -0.25) is 4.98 Å². The second-order valence-corrected chi connectivity index (χ2v) is 4.85. The summed E-state index contributed by atoms with van der Waals surface area (Å²) in [5.74, 6) is -0.538. The average molecular weight is 294 g/mol. The van der Waals surface area contributed by atoms with Crippen molar-refractivity contribution in [3.05, 3.63) is 48.7 Å². The molecular formula is C16H11FN4O. The van der Waals surface area contributed by atoms with Crippen LogP contribution in [0.5, 0.6) is 5.88 Å². The summed E-state index contributed by atoms with van der Waals surface area (Å²) >= 11 is 0. The second kappa shape index (κ2) is 4.77. The number of ether oxygens (including phenoxy) is 1. The highest BCUT2D eigenvalue weighted by molar-refractivity contribution is 6.05. The maximum atomic E-state index is 13.8. The molecule has 0 saturated carbocycles. The molecule has 0 unspecified atom stereocenters. The zero-order chi connectivity index (χ0) is 15.1. The molecule has 22 heavy (non-hydrogen) atoms. The summed E-state index contributed by atoms with van der Waals surface area (Å²) in [7, 11) is 1.38. The lowest BCUT2D eigenvalue weighted by molar-refractivity contribution is 0.369. The standard InChI is InChI=1S/C16H11FN4O/c1-22-16-12(17)6-9(7-19-16)13-3-2-10-11-8-18-5-4-14(11)21-15(10)20-13/h2-8H,1H3,(H,20,21). The molecule has 0 amide bonds. The largest absolute Gasteiger partial charge is 0.479 e. The second-order valence-electron chi connectivity index (χ2n) is 4.85. The van der Waals surface area contributed by atoms with Crippen LogP contribution in [0.15, 0.2) is 42.9 Å². The Morgan fingerprint density at radius 3 is 2.86 bits per heavy atom. The van der Waals surface area contributed by atoms with Crippen molar-refractivity contribution in [1.29, 1.82) is 0 Å². The molecule has 0 fully saturated rings. The van der Waals surface area contributed by atoms with Crippen LogP contribution >= 0.6 is 0 Å². The van der Waals surface area contributed by atoms with Gasteiger partial charge in [-0.15, -0.1) is 0 Å². The number of pyridine rings is 3. The van der Waals surface area contributed by atoms with Gasteiger partial charge in [-0.1, -0.05) is 0 Å². The third-order valence-corrected chi connectivity index (χ3v) is 3.56. The number of nitrogens with one attached hydrogen (secondary N) is 1. The van der Waals surface area contributed by atoms with Gasteiger partial charge in [-0.2, -0.15) is 0 Å². The number of aromatic nitrogens is 4. The maximum absolute atomic E-state index is 13.8. The van der Waals surface area contributed by atoms with Crippen LogP contribution in [0.4, 0.5) is 4.39 Å². The molecule has 0 aromatic carbocycles. The van der Waals surface area contributed by atoms with Gasteiger partial charge in [-0.25, -0.2) is 14.4 Å². The predicted molar refractivity (Wildman–Crippen MR) is 81.1 cm³/mol. The normalized spacial score (nSPS) is 11.2. The van der Waals surface area contributed by atoms with Gasteiger partial charge in [0, 0.05) is 34.9 Å². The minimum absolute atomic E-state index is 0.0264. The first-order chi connectivity index (χ1) is 10.8. The topological polar surface area (TPSA) is 63.7 Å². The summed E-state index contributed by atoms with van der Waals surface area (Å²) in [5.41, 5.74) is 2.93. The highest BCUT2D eigenvalue weighted by Crippen LogP contribution is 2.27. The van der Waals surface area contributed by atoms with Gasteiger partial charge in [0.05, 0.1) is 18.3 Å². The smallest absolute Gasteiger partial charge is 0.250 e. The van der Waals surface area contributed by atoms with Crippen LogP contribution in [0, 0.1) is 5.82 Å². The van der Waals surface area contributed by atoms with E-state index >= 15 is 0 Å². The van der Waals surface area contributed by atoms with E-state index in [0.717, 1.165) is 21.9 Å². The fourth-order valence-corrected chi connectivity index (χ4v) is 2.49. The van der Waals surface area contributed by atoms with Crippen molar-refractivity contribution >= 4 is 21.9 Å². The summed E-state index contributed by atoms with van der Waals surface area (Å²) < 4.78 is 18.6. The predicted octanol–water partition coefficient (Wildman–Crippen LogP) is 3.32. The summed E-state index contributed by atoms with van der Waals surface area (Å²) in [5, 5.41) is 1.99.